The van der Waals surface area contributed by atoms with Gasteiger partial charge in [0.1, 0.15) is 5.82 Å². The van der Waals surface area contributed by atoms with Crippen molar-refractivity contribution in [2.45, 2.75) is 20.3 Å². The van der Waals surface area contributed by atoms with Gasteiger partial charge >= 0.3 is 5.97 Å². The normalized spacial score (nSPS) is 11.3. The number of halogens is 2. The van der Waals surface area contributed by atoms with Crippen LogP contribution in [0.3, 0.4) is 0 Å². The molecule has 17 heavy (non-hydrogen) atoms. The Morgan fingerprint density at radius 3 is 2.65 bits per heavy atom. The van der Waals surface area contributed by atoms with Crippen molar-refractivity contribution in [3.8, 4) is 5.75 Å². The minimum absolute atomic E-state index is 0.0136. The lowest BCUT2D eigenvalue weighted by atomic mass is 9.90. The van der Waals surface area contributed by atoms with Crippen molar-refractivity contribution in [2.75, 3.05) is 6.61 Å². The molecule has 0 fully saturated rings. The van der Waals surface area contributed by atoms with E-state index in [-0.39, 0.29) is 18.8 Å². The third-order valence-electron chi connectivity index (χ3n) is 2.46. The van der Waals surface area contributed by atoms with Crippen molar-refractivity contribution in [2.24, 2.45) is 5.41 Å². The Balaban J connectivity index is 2.57. The van der Waals surface area contributed by atoms with Crippen LogP contribution in [0.2, 0.25) is 0 Å². The van der Waals surface area contributed by atoms with Crippen molar-refractivity contribution in [3.63, 3.8) is 0 Å². The van der Waals surface area contributed by atoms with E-state index in [1.165, 1.54) is 0 Å². The highest BCUT2D eigenvalue weighted by Gasteiger charge is 2.26. The molecule has 0 spiro atoms. The summed E-state index contributed by atoms with van der Waals surface area (Å²) in [5.41, 5.74) is -0.955. The van der Waals surface area contributed by atoms with Crippen LogP contribution in [0.5, 0.6) is 5.75 Å². The van der Waals surface area contributed by atoms with Crippen molar-refractivity contribution in [3.05, 3.63) is 29.8 Å². The Morgan fingerprint density at radius 1 is 1.41 bits per heavy atom. The molecule has 3 nitrogen and oxygen atoms in total. The number of aliphatic carboxylic acids is 1. The first-order chi connectivity index (χ1) is 7.83. The zero-order valence-electron chi connectivity index (χ0n) is 9.67. The van der Waals surface area contributed by atoms with Gasteiger partial charge < -0.3 is 9.84 Å². The maximum absolute atomic E-state index is 13.1. The largest absolute Gasteiger partial charge is 0.490 e. The fourth-order valence-electron chi connectivity index (χ4n) is 1.11. The molecule has 0 aromatic heterocycles. The van der Waals surface area contributed by atoms with Gasteiger partial charge in [-0.05, 0) is 32.4 Å². The minimum atomic E-state index is -0.958. The molecule has 1 N–H and O–H groups in total. The summed E-state index contributed by atoms with van der Waals surface area (Å²) in [5, 5.41) is 8.85. The van der Waals surface area contributed by atoms with Gasteiger partial charge in [0.2, 0.25) is 0 Å². The number of carbonyl (C=O) groups is 1. The van der Waals surface area contributed by atoms with Crippen LogP contribution in [0.4, 0.5) is 8.78 Å². The zero-order chi connectivity index (χ0) is 13.1. The fourth-order valence-corrected chi connectivity index (χ4v) is 1.11. The maximum Gasteiger partial charge on any atom is 0.309 e. The van der Waals surface area contributed by atoms with E-state index in [0.717, 1.165) is 18.2 Å². The van der Waals surface area contributed by atoms with Gasteiger partial charge in [0.05, 0.1) is 12.0 Å². The standard InChI is InChI=1S/C12H14F2O3/c1-12(2,11(15)16)5-6-17-10-7-8(13)3-4-9(10)14/h3-4,7H,5-6H2,1-2H3,(H,15,16). The van der Waals surface area contributed by atoms with Crippen molar-refractivity contribution in [1.82, 2.24) is 0 Å². The van der Waals surface area contributed by atoms with E-state index in [1.54, 1.807) is 13.8 Å². The molecule has 1 aromatic carbocycles. The molecule has 0 radical (unpaired) electrons. The summed E-state index contributed by atoms with van der Waals surface area (Å²) in [7, 11) is 0. The zero-order valence-corrected chi connectivity index (χ0v) is 9.67. The molecule has 0 unspecified atom stereocenters. The van der Waals surface area contributed by atoms with Gasteiger partial charge in [0.25, 0.3) is 0 Å². The second-order valence-corrected chi connectivity index (χ2v) is 4.36. The highest BCUT2D eigenvalue weighted by molar-refractivity contribution is 5.73. The molecular formula is C12H14F2O3. The maximum atomic E-state index is 13.1. The Hall–Kier alpha value is -1.65. The average Bonchev–Trinajstić information content (AvgIpc) is 2.22. The highest BCUT2D eigenvalue weighted by Crippen LogP contribution is 2.23. The third kappa shape index (κ3) is 3.69. The number of carboxylic acids is 1. The SMILES string of the molecule is CC(C)(CCOc1cc(F)ccc1F)C(=O)O. The number of hydrogen-bond donors (Lipinski definition) is 1. The van der Waals surface area contributed by atoms with Crippen LogP contribution < -0.4 is 4.74 Å². The van der Waals surface area contributed by atoms with E-state index in [0.29, 0.717) is 0 Å². The predicted octanol–water partition coefficient (Wildman–Crippen LogP) is 2.84. The van der Waals surface area contributed by atoms with Gasteiger partial charge in [-0.2, -0.15) is 0 Å². The van der Waals surface area contributed by atoms with Crippen LogP contribution in [0.15, 0.2) is 18.2 Å². The number of benzene rings is 1. The predicted molar refractivity (Wildman–Crippen MR) is 57.9 cm³/mol. The number of ether oxygens (including phenoxy) is 1. The van der Waals surface area contributed by atoms with Crippen LogP contribution in [-0.2, 0) is 4.79 Å². The van der Waals surface area contributed by atoms with E-state index in [9.17, 15) is 13.6 Å². The second kappa shape index (κ2) is 5.12. The first-order valence-corrected chi connectivity index (χ1v) is 5.14. The molecule has 1 rings (SSSR count). The number of rotatable bonds is 5. The molecule has 0 aliphatic rings. The Bertz CT molecular complexity index is 416. The quantitative estimate of drug-likeness (QED) is 0.866. The minimum Gasteiger partial charge on any atom is -0.490 e. The molecule has 1 aromatic rings. The van der Waals surface area contributed by atoms with Gasteiger partial charge in [-0.1, -0.05) is 0 Å². The molecule has 0 heterocycles. The summed E-state index contributed by atoms with van der Waals surface area (Å²) in [6.07, 6.45) is 0.207. The van der Waals surface area contributed by atoms with Crippen LogP contribution in [-0.4, -0.2) is 17.7 Å². The molecule has 0 saturated heterocycles. The molecular weight excluding hydrogens is 230 g/mol. The Labute approximate surface area is 98.0 Å². The van der Waals surface area contributed by atoms with Gasteiger partial charge in [-0.25, -0.2) is 8.78 Å². The molecule has 0 amide bonds. The van der Waals surface area contributed by atoms with Crippen LogP contribution >= 0.6 is 0 Å². The first-order valence-electron chi connectivity index (χ1n) is 5.14. The number of hydrogen-bond acceptors (Lipinski definition) is 2. The van der Waals surface area contributed by atoms with Gasteiger partial charge in [-0.15, -0.1) is 0 Å². The van der Waals surface area contributed by atoms with E-state index in [2.05, 4.69) is 0 Å². The van der Waals surface area contributed by atoms with Gasteiger partial charge in [-0.3, -0.25) is 4.79 Å². The highest BCUT2D eigenvalue weighted by atomic mass is 19.1. The molecule has 0 saturated carbocycles. The summed E-state index contributed by atoms with van der Waals surface area (Å²) < 4.78 is 31.0. The van der Waals surface area contributed by atoms with Crippen LogP contribution in [0, 0.1) is 17.0 Å². The molecule has 5 heteroatoms. The summed E-state index contributed by atoms with van der Waals surface area (Å²) in [5.74, 6) is -2.43. The lowest BCUT2D eigenvalue weighted by Gasteiger charge is -2.19. The average molecular weight is 244 g/mol. The molecule has 0 aliphatic heterocycles. The van der Waals surface area contributed by atoms with Crippen molar-refractivity contribution in [1.29, 1.82) is 0 Å². The van der Waals surface area contributed by atoms with E-state index in [4.69, 9.17) is 9.84 Å². The summed E-state index contributed by atoms with van der Waals surface area (Å²) in [4.78, 5) is 10.8. The fraction of sp³-hybridized carbons (Fsp3) is 0.417. The molecule has 0 atom stereocenters. The molecule has 94 valence electrons. The Kier molecular flexibility index (Phi) is 4.04. The lowest BCUT2D eigenvalue weighted by Crippen LogP contribution is -2.26. The topological polar surface area (TPSA) is 46.5 Å². The van der Waals surface area contributed by atoms with Gasteiger partial charge in [0.15, 0.2) is 11.6 Å². The van der Waals surface area contributed by atoms with Crippen LogP contribution in [0.1, 0.15) is 20.3 Å². The van der Waals surface area contributed by atoms with E-state index in [1.807, 2.05) is 0 Å². The molecule has 0 aliphatic carbocycles. The van der Waals surface area contributed by atoms with Crippen LogP contribution in [0.25, 0.3) is 0 Å². The van der Waals surface area contributed by atoms with Crippen molar-refractivity contribution >= 4 is 5.97 Å². The van der Waals surface area contributed by atoms with E-state index < -0.39 is 23.0 Å². The lowest BCUT2D eigenvalue weighted by molar-refractivity contribution is -0.147. The molecule has 0 bridgehead atoms. The second-order valence-electron chi connectivity index (χ2n) is 4.36. The number of carboxylic acid groups (broad SMARTS) is 1. The monoisotopic (exact) mass is 244 g/mol. The summed E-state index contributed by atoms with van der Waals surface area (Å²) >= 11 is 0. The smallest absolute Gasteiger partial charge is 0.309 e. The van der Waals surface area contributed by atoms with Crippen molar-refractivity contribution < 1.29 is 23.4 Å². The third-order valence-corrected chi connectivity index (χ3v) is 2.46. The Morgan fingerprint density at radius 2 is 2.06 bits per heavy atom. The van der Waals surface area contributed by atoms with Gasteiger partial charge in [0, 0.05) is 6.07 Å². The summed E-state index contributed by atoms with van der Waals surface area (Å²) in [6, 6.07) is 2.89. The summed E-state index contributed by atoms with van der Waals surface area (Å²) in [6.45, 7) is 3.10. The first kappa shape index (κ1) is 13.4. The van der Waals surface area contributed by atoms with E-state index >= 15 is 0 Å².